The predicted octanol–water partition coefficient (Wildman–Crippen LogP) is 5.08. The molecule has 3 aromatic rings. The molecule has 0 aliphatic carbocycles. The van der Waals surface area contributed by atoms with Gasteiger partial charge in [-0.3, -0.25) is 9.78 Å². The van der Waals surface area contributed by atoms with E-state index in [2.05, 4.69) is 4.98 Å². The van der Waals surface area contributed by atoms with Gasteiger partial charge in [-0.15, -0.1) is 0 Å². The predicted molar refractivity (Wildman–Crippen MR) is 107 cm³/mol. The number of hydrogen-bond acceptors (Lipinski definition) is 5. The summed E-state index contributed by atoms with van der Waals surface area (Å²) in [7, 11) is -4.13. The lowest BCUT2D eigenvalue weighted by molar-refractivity contribution is -0.149. The number of hydrogen-bond donors (Lipinski definition) is 0. The number of aryl methyl sites for hydroxylation is 1. The first-order chi connectivity index (χ1) is 14.6. The summed E-state index contributed by atoms with van der Waals surface area (Å²) in [4.78, 5) is 16.0. The molecule has 162 valence electrons. The van der Waals surface area contributed by atoms with Gasteiger partial charge in [0.2, 0.25) is 0 Å². The lowest BCUT2D eigenvalue weighted by atomic mass is 9.92. The van der Waals surface area contributed by atoms with Gasteiger partial charge in [0, 0.05) is 12.6 Å². The zero-order chi connectivity index (χ0) is 22.6. The van der Waals surface area contributed by atoms with Crippen molar-refractivity contribution in [3.63, 3.8) is 0 Å². The van der Waals surface area contributed by atoms with E-state index in [4.69, 9.17) is 4.18 Å². The van der Waals surface area contributed by atoms with Crippen molar-refractivity contribution in [1.29, 1.82) is 0 Å². The Balaban J connectivity index is 1.80. The summed E-state index contributed by atoms with van der Waals surface area (Å²) in [5.41, 5.74) is 0.625. The van der Waals surface area contributed by atoms with E-state index in [-0.39, 0.29) is 21.9 Å². The number of nitrogens with zero attached hydrogens (tertiary/aromatic N) is 1. The fourth-order valence-electron chi connectivity index (χ4n) is 2.88. The molecular weight excluding hydrogens is 431 g/mol. The standard InChI is InChI=1S/C22H18F3NO4S/c1-15-5-11-18(12-6-15)31(28,29)30-17-9-7-16(8-10-17)19(22(23,24)25)14-21(27)20-4-2-3-13-26-20/h2-13,19H,14H2,1H3. The molecule has 1 atom stereocenters. The largest absolute Gasteiger partial charge is 0.396 e. The normalized spacial score (nSPS) is 12.9. The average molecular weight is 449 g/mol. The van der Waals surface area contributed by atoms with Crippen LogP contribution in [0.5, 0.6) is 5.75 Å². The van der Waals surface area contributed by atoms with Gasteiger partial charge in [-0.05, 0) is 48.9 Å². The van der Waals surface area contributed by atoms with E-state index < -0.39 is 34.4 Å². The number of carbonyl (C=O) groups is 1. The molecule has 1 heterocycles. The zero-order valence-corrected chi connectivity index (χ0v) is 17.2. The smallest absolute Gasteiger partial charge is 0.379 e. The molecule has 0 radical (unpaired) electrons. The number of Topliss-reactive ketones (excluding diaryl/α,β-unsaturated/α-hetero) is 1. The first-order valence-corrected chi connectivity index (χ1v) is 10.6. The highest BCUT2D eigenvalue weighted by Gasteiger charge is 2.42. The van der Waals surface area contributed by atoms with Crippen LogP contribution >= 0.6 is 0 Å². The first kappa shape index (κ1) is 22.5. The number of aromatic nitrogens is 1. The number of pyridine rings is 1. The summed E-state index contributed by atoms with van der Waals surface area (Å²) in [5, 5.41) is 0. The fraction of sp³-hybridized carbons (Fsp3) is 0.182. The minimum absolute atomic E-state index is 0.0547. The van der Waals surface area contributed by atoms with E-state index in [1.54, 1.807) is 25.1 Å². The molecule has 0 aliphatic rings. The molecule has 0 bridgehead atoms. The molecule has 0 saturated carbocycles. The monoisotopic (exact) mass is 449 g/mol. The molecule has 0 amide bonds. The highest BCUT2D eigenvalue weighted by molar-refractivity contribution is 7.87. The molecule has 0 saturated heterocycles. The van der Waals surface area contributed by atoms with Crippen LogP contribution in [-0.2, 0) is 10.1 Å². The summed E-state index contributed by atoms with van der Waals surface area (Å²) in [5.74, 6) is -2.95. The quantitative estimate of drug-likeness (QED) is 0.372. The van der Waals surface area contributed by atoms with Crippen LogP contribution in [0.4, 0.5) is 13.2 Å². The van der Waals surface area contributed by atoms with Gasteiger partial charge in [0.25, 0.3) is 0 Å². The number of carbonyl (C=O) groups excluding carboxylic acids is 1. The second-order valence-corrected chi connectivity index (χ2v) is 8.40. The van der Waals surface area contributed by atoms with Gasteiger partial charge < -0.3 is 4.18 Å². The fourth-order valence-corrected chi connectivity index (χ4v) is 3.81. The second kappa shape index (κ2) is 8.89. The number of ketones is 1. The average Bonchev–Trinajstić information content (AvgIpc) is 2.72. The van der Waals surface area contributed by atoms with Crippen LogP contribution in [0.1, 0.15) is 34.0 Å². The molecule has 2 aromatic carbocycles. The molecule has 5 nitrogen and oxygen atoms in total. The Morgan fingerprint density at radius 2 is 1.65 bits per heavy atom. The highest BCUT2D eigenvalue weighted by Crippen LogP contribution is 2.38. The van der Waals surface area contributed by atoms with E-state index in [9.17, 15) is 26.4 Å². The van der Waals surface area contributed by atoms with Gasteiger partial charge in [-0.25, -0.2) is 0 Å². The topological polar surface area (TPSA) is 73.3 Å². The lowest BCUT2D eigenvalue weighted by Crippen LogP contribution is -2.24. The number of rotatable bonds is 7. The third kappa shape index (κ3) is 5.69. The van der Waals surface area contributed by atoms with E-state index in [1.807, 2.05) is 0 Å². The van der Waals surface area contributed by atoms with Crippen molar-refractivity contribution in [3.05, 3.63) is 89.7 Å². The van der Waals surface area contributed by atoms with Crippen LogP contribution in [0.25, 0.3) is 0 Å². The van der Waals surface area contributed by atoms with Crippen LogP contribution in [0.2, 0.25) is 0 Å². The summed E-state index contributed by atoms with van der Waals surface area (Å²) >= 11 is 0. The van der Waals surface area contributed by atoms with E-state index in [1.165, 1.54) is 30.5 Å². The molecule has 1 unspecified atom stereocenters. The maximum absolute atomic E-state index is 13.6. The summed E-state index contributed by atoms with van der Waals surface area (Å²) in [6.45, 7) is 1.80. The van der Waals surface area contributed by atoms with Gasteiger partial charge in [0.15, 0.2) is 5.78 Å². The van der Waals surface area contributed by atoms with Crippen LogP contribution in [0.3, 0.4) is 0 Å². The molecule has 3 rings (SSSR count). The lowest BCUT2D eigenvalue weighted by Gasteiger charge is -2.20. The molecule has 0 fully saturated rings. The molecule has 0 aliphatic heterocycles. The van der Waals surface area contributed by atoms with Crippen molar-refractivity contribution < 1.29 is 30.6 Å². The maximum Gasteiger partial charge on any atom is 0.396 e. The van der Waals surface area contributed by atoms with Gasteiger partial charge >= 0.3 is 16.3 Å². The van der Waals surface area contributed by atoms with E-state index >= 15 is 0 Å². The number of benzene rings is 2. The Morgan fingerprint density at radius 1 is 1.00 bits per heavy atom. The zero-order valence-electron chi connectivity index (χ0n) is 16.3. The van der Waals surface area contributed by atoms with Gasteiger partial charge in [-0.2, -0.15) is 21.6 Å². The van der Waals surface area contributed by atoms with Crippen molar-refractivity contribution in [2.24, 2.45) is 0 Å². The van der Waals surface area contributed by atoms with E-state index in [0.29, 0.717) is 0 Å². The van der Waals surface area contributed by atoms with Crippen LogP contribution in [-0.4, -0.2) is 25.4 Å². The highest BCUT2D eigenvalue weighted by atomic mass is 32.2. The summed E-state index contributed by atoms with van der Waals surface area (Å²) in [6.07, 6.45) is -4.17. The second-order valence-electron chi connectivity index (χ2n) is 6.86. The molecule has 1 aromatic heterocycles. The molecular formula is C22H18F3NO4S. The van der Waals surface area contributed by atoms with Crippen molar-refractivity contribution in [2.75, 3.05) is 0 Å². The molecule has 0 N–H and O–H groups in total. The minimum atomic E-state index is -4.68. The Kier molecular flexibility index (Phi) is 6.45. The van der Waals surface area contributed by atoms with Crippen molar-refractivity contribution in [2.45, 2.75) is 30.3 Å². The minimum Gasteiger partial charge on any atom is -0.379 e. The van der Waals surface area contributed by atoms with Gasteiger partial charge in [-0.1, -0.05) is 35.9 Å². The Labute approximate surface area is 177 Å². The van der Waals surface area contributed by atoms with E-state index in [0.717, 1.165) is 29.8 Å². The van der Waals surface area contributed by atoms with Gasteiger partial charge in [0.05, 0.1) is 5.92 Å². The van der Waals surface area contributed by atoms with Crippen LogP contribution in [0, 0.1) is 6.92 Å². The SMILES string of the molecule is Cc1ccc(S(=O)(=O)Oc2ccc(C(CC(=O)c3ccccn3)C(F)(F)F)cc2)cc1. The Hall–Kier alpha value is -3.20. The first-order valence-electron chi connectivity index (χ1n) is 9.18. The molecule has 31 heavy (non-hydrogen) atoms. The Morgan fingerprint density at radius 3 is 2.19 bits per heavy atom. The van der Waals surface area contributed by atoms with Crippen molar-refractivity contribution in [1.82, 2.24) is 4.98 Å². The third-order valence-corrected chi connectivity index (χ3v) is 5.79. The van der Waals surface area contributed by atoms with Crippen molar-refractivity contribution in [3.8, 4) is 5.75 Å². The number of alkyl halides is 3. The molecule has 0 spiro atoms. The summed E-state index contributed by atoms with van der Waals surface area (Å²) < 4.78 is 70.5. The van der Waals surface area contributed by atoms with Crippen LogP contribution in [0.15, 0.2) is 77.8 Å². The van der Waals surface area contributed by atoms with Crippen LogP contribution < -0.4 is 4.18 Å². The maximum atomic E-state index is 13.6. The van der Waals surface area contributed by atoms with Gasteiger partial charge in [0.1, 0.15) is 16.3 Å². The molecule has 9 heteroatoms. The number of halogens is 3. The Bertz CT molecular complexity index is 1140. The summed E-state index contributed by atoms with van der Waals surface area (Å²) in [6, 6.07) is 14.8. The third-order valence-electron chi connectivity index (χ3n) is 4.53. The van der Waals surface area contributed by atoms with Crippen molar-refractivity contribution >= 4 is 15.9 Å².